The Morgan fingerprint density at radius 3 is 2.77 bits per heavy atom. The fourth-order valence-corrected chi connectivity index (χ4v) is 1.23. The number of carbonyl (C=O) groups excluding carboxylic acids is 1. The SMILES string of the molecule is NC(=O)/C=C/c1ccc(Br)c(Cl)c1. The van der Waals surface area contributed by atoms with Gasteiger partial charge in [0, 0.05) is 10.5 Å². The molecule has 13 heavy (non-hydrogen) atoms. The highest BCUT2D eigenvalue weighted by atomic mass is 79.9. The molecule has 0 fully saturated rings. The summed E-state index contributed by atoms with van der Waals surface area (Å²) in [5.41, 5.74) is 5.78. The molecule has 0 aliphatic heterocycles. The third-order valence-electron chi connectivity index (χ3n) is 1.38. The molecular formula is C9H7BrClNO. The molecule has 0 unspecified atom stereocenters. The highest BCUT2D eigenvalue weighted by Crippen LogP contribution is 2.23. The molecule has 0 radical (unpaired) electrons. The quantitative estimate of drug-likeness (QED) is 0.816. The lowest BCUT2D eigenvalue weighted by Crippen LogP contribution is -2.05. The van der Waals surface area contributed by atoms with Crippen LogP contribution in [0.5, 0.6) is 0 Å². The number of primary amides is 1. The third kappa shape index (κ3) is 3.20. The number of amides is 1. The van der Waals surface area contributed by atoms with Crippen LogP contribution in [0.25, 0.3) is 6.08 Å². The fraction of sp³-hybridized carbons (Fsp3) is 0. The van der Waals surface area contributed by atoms with E-state index in [0.717, 1.165) is 10.0 Å². The van der Waals surface area contributed by atoms with Crippen LogP contribution in [0.1, 0.15) is 5.56 Å². The van der Waals surface area contributed by atoms with Gasteiger partial charge in [-0.05, 0) is 39.7 Å². The van der Waals surface area contributed by atoms with Gasteiger partial charge in [-0.3, -0.25) is 4.79 Å². The Bertz CT molecular complexity index is 363. The summed E-state index contributed by atoms with van der Waals surface area (Å²) in [6.45, 7) is 0. The van der Waals surface area contributed by atoms with E-state index in [2.05, 4.69) is 15.9 Å². The van der Waals surface area contributed by atoms with E-state index >= 15 is 0 Å². The topological polar surface area (TPSA) is 43.1 Å². The summed E-state index contributed by atoms with van der Waals surface area (Å²) in [6.07, 6.45) is 2.90. The second kappa shape index (κ2) is 4.44. The molecule has 0 atom stereocenters. The maximum absolute atomic E-state index is 10.4. The zero-order valence-electron chi connectivity index (χ0n) is 6.63. The second-order valence-corrected chi connectivity index (χ2v) is 3.67. The summed E-state index contributed by atoms with van der Waals surface area (Å²) >= 11 is 9.09. The Morgan fingerprint density at radius 2 is 2.23 bits per heavy atom. The van der Waals surface area contributed by atoms with E-state index in [4.69, 9.17) is 17.3 Å². The summed E-state index contributed by atoms with van der Waals surface area (Å²) in [5, 5.41) is 0.603. The lowest BCUT2D eigenvalue weighted by molar-refractivity contribution is -0.113. The Kier molecular flexibility index (Phi) is 3.51. The summed E-state index contributed by atoms with van der Waals surface area (Å²) in [4.78, 5) is 10.4. The lowest BCUT2D eigenvalue weighted by atomic mass is 10.2. The minimum atomic E-state index is -0.473. The van der Waals surface area contributed by atoms with Gasteiger partial charge in [0.15, 0.2) is 0 Å². The molecule has 1 rings (SSSR count). The second-order valence-electron chi connectivity index (χ2n) is 2.41. The molecular weight excluding hydrogens is 253 g/mol. The molecule has 1 aromatic rings. The Balaban J connectivity index is 2.92. The molecule has 2 N–H and O–H groups in total. The highest BCUT2D eigenvalue weighted by Gasteiger charge is 1.96. The summed E-state index contributed by atoms with van der Waals surface area (Å²) in [5.74, 6) is -0.473. The number of rotatable bonds is 2. The van der Waals surface area contributed by atoms with Crippen LogP contribution >= 0.6 is 27.5 Å². The molecule has 0 heterocycles. The van der Waals surface area contributed by atoms with Crippen molar-refractivity contribution in [1.82, 2.24) is 0 Å². The van der Waals surface area contributed by atoms with Crippen molar-refractivity contribution in [3.05, 3.63) is 39.3 Å². The van der Waals surface area contributed by atoms with Crippen LogP contribution in [0.3, 0.4) is 0 Å². The zero-order chi connectivity index (χ0) is 9.84. The molecule has 0 aliphatic carbocycles. The molecule has 68 valence electrons. The van der Waals surface area contributed by atoms with Gasteiger partial charge >= 0.3 is 0 Å². The van der Waals surface area contributed by atoms with Crippen molar-refractivity contribution in [2.75, 3.05) is 0 Å². The standard InChI is InChI=1S/C9H7BrClNO/c10-7-3-1-6(5-8(7)11)2-4-9(12)13/h1-5H,(H2,12,13)/b4-2+. The van der Waals surface area contributed by atoms with Crippen LogP contribution in [0, 0.1) is 0 Å². The van der Waals surface area contributed by atoms with E-state index in [9.17, 15) is 4.79 Å². The zero-order valence-corrected chi connectivity index (χ0v) is 8.97. The first-order valence-corrected chi connectivity index (χ1v) is 4.69. The van der Waals surface area contributed by atoms with Crippen molar-refractivity contribution in [2.24, 2.45) is 5.73 Å². The molecule has 4 heteroatoms. The van der Waals surface area contributed by atoms with Gasteiger partial charge in [-0.25, -0.2) is 0 Å². The number of hydrogen-bond donors (Lipinski definition) is 1. The van der Waals surface area contributed by atoms with Crippen molar-refractivity contribution in [3.63, 3.8) is 0 Å². The van der Waals surface area contributed by atoms with E-state index in [1.54, 1.807) is 12.1 Å². The van der Waals surface area contributed by atoms with Crippen molar-refractivity contribution in [1.29, 1.82) is 0 Å². The van der Waals surface area contributed by atoms with Crippen LogP contribution in [0.15, 0.2) is 28.7 Å². The molecule has 0 saturated carbocycles. The van der Waals surface area contributed by atoms with Crippen LogP contribution < -0.4 is 5.73 Å². The van der Waals surface area contributed by atoms with Crippen LogP contribution in [0.4, 0.5) is 0 Å². The summed E-state index contributed by atoms with van der Waals surface area (Å²) in [6, 6.07) is 5.38. The first kappa shape index (κ1) is 10.3. The predicted molar refractivity (Wildman–Crippen MR) is 57.4 cm³/mol. The van der Waals surface area contributed by atoms with Gasteiger partial charge in [0.25, 0.3) is 0 Å². The van der Waals surface area contributed by atoms with E-state index < -0.39 is 5.91 Å². The first-order valence-electron chi connectivity index (χ1n) is 3.52. The normalized spacial score (nSPS) is 10.6. The van der Waals surface area contributed by atoms with E-state index in [1.807, 2.05) is 12.1 Å². The van der Waals surface area contributed by atoms with Gasteiger partial charge in [0.2, 0.25) is 5.91 Å². The van der Waals surface area contributed by atoms with Gasteiger partial charge in [-0.15, -0.1) is 0 Å². The van der Waals surface area contributed by atoms with E-state index in [1.165, 1.54) is 6.08 Å². The van der Waals surface area contributed by atoms with Crippen molar-refractivity contribution < 1.29 is 4.79 Å². The Morgan fingerprint density at radius 1 is 1.54 bits per heavy atom. The number of carbonyl (C=O) groups is 1. The molecule has 1 amide bonds. The summed E-state index contributed by atoms with van der Waals surface area (Å²) in [7, 11) is 0. The minimum Gasteiger partial charge on any atom is -0.366 e. The van der Waals surface area contributed by atoms with Crippen molar-refractivity contribution >= 4 is 39.5 Å². The van der Waals surface area contributed by atoms with Crippen LogP contribution in [-0.4, -0.2) is 5.91 Å². The Labute approximate surface area is 89.5 Å². The maximum Gasteiger partial charge on any atom is 0.241 e. The van der Waals surface area contributed by atoms with Crippen LogP contribution in [0.2, 0.25) is 5.02 Å². The van der Waals surface area contributed by atoms with Gasteiger partial charge in [-0.2, -0.15) is 0 Å². The smallest absolute Gasteiger partial charge is 0.241 e. The highest BCUT2D eigenvalue weighted by molar-refractivity contribution is 9.10. The average Bonchev–Trinajstić information content (AvgIpc) is 2.07. The molecule has 0 saturated heterocycles. The lowest BCUT2D eigenvalue weighted by Gasteiger charge is -1.96. The summed E-state index contributed by atoms with van der Waals surface area (Å²) < 4.78 is 0.824. The monoisotopic (exact) mass is 259 g/mol. The predicted octanol–water partition coefficient (Wildman–Crippen LogP) is 2.60. The fourth-order valence-electron chi connectivity index (χ4n) is 0.794. The number of hydrogen-bond acceptors (Lipinski definition) is 1. The van der Waals surface area contributed by atoms with Gasteiger partial charge in [0.1, 0.15) is 0 Å². The van der Waals surface area contributed by atoms with E-state index in [0.29, 0.717) is 5.02 Å². The molecule has 0 bridgehead atoms. The van der Waals surface area contributed by atoms with Crippen molar-refractivity contribution in [3.8, 4) is 0 Å². The number of halogens is 2. The van der Waals surface area contributed by atoms with E-state index in [-0.39, 0.29) is 0 Å². The number of nitrogens with two attached hydrogens (primary N) is 1. The average molecular weight is 261 g/mol. The first-order chi connectivity index (χ1) is 6.09. The molecule has 0 aromatic heterocycles. The molecule has 0 spiro atoms. The molecule has 1 aromatic carbocycles. The Hall–Kier alpha value is -0.800. The van der Waals surface area contributed by atoms with Gasteiger partial charge in [0.05, 0.1) is 5.02 Å². The maximum atomic E-state index is 10.4. The molecule has 0 aliphatic rings. The largest absolute Gasteiger partial charge is 0.366 e. The molecule has 2 nitrogen and oxygen atoms in total. The van der Waals surface area contributed by atoms with Gasteiger partial charge in [-0.1, -0.05) is 17.7 Å². The minimum absolute atomic E-state index is 0.473. The van der Waals surface area contributed by atoms with Crippen molar-refractivity contribution in [2.45, 2.75) is 0 Å². The third-order valence-corrected chi connectivity index (χ3v) is 2.62. The van der Waals surface area contributed by atoms with Gasteiger partial charge < -0.3 is 5.73 Å². The van der Waals surface area contributed by atoms with Crippen LogP contribution in [-0.2, 0) is 4.79 Å². The number of benzene rings is 1.